The number of methoxy groups -OCH3 is 1. The summed E-state index contributed by atoms with van der Waals surface area (Å²) >= 11 is 0. The Balaban J connectivity index is 1.82. The van der Waals surface area contributed by atoms with Gasteiger partial charge in [0.15, 0.2) is 11.5 Å². The molecule has 2 heterocycles. The van der Waals surface area contributed by atoms with Gasteiger partial charge in [0.2, 0.25) is 5.75 Å². The summed E-state index contributed by atoms with van der Waals surface area (Å²) in [6.45, 7) is 8.19. The number of hydrogen-bond acceptors (Lipinski definition) is 5. The van der Waals surface area contributed by atoms with Crippen molar-refractivity contribution in [1.29, 1.82) is 0 Å². The van der Waals surface area contributed by atoms with E-state index < -0.39 is 0 Å². The Labute approximate surface area is 132 Å². The van der Waals surface area contributed by atoms with E-state index in [-0.39, 0.29) is 6.10 Å². The second-order valence-electron chi connectivity index (χ2n) is 6.07. The van der Waals surface area contributed by atoms with Crippen LogP contribution >= 0.6 is 0 Å². The summed E-state index contributed by atoms with van der Waals surface area (Å²) in [5.74, 6) is 2.25. The van der Waals surface area contributed by atoms with Crippen LogP contribution in [0.1, 0.15) is 25.8 Å². The Bertz CT molecular complexity index is 502. The van der Waals surface area contributed by atoms with Crippen LogP contribution in [0.3, 0.4) is 0 Å². The van der Waals surface area contributed by atoms with Gasteiger partial charge in [-0.1, -0.05) is 0 Å². The van der Waals surface area contributed by atoms with Crippen LogP contribution in [-0.4, -0.2) is 50.5 Å². The molecule has 2 atom stereocenters. The van der Waals surface area contributed by atoms with Crippen LogP contribution in [0.25, 0.3) is 0 Å². The molecule has 0 spiro atoms. The minimum atomic E-state index is 0.268. The number of rotatable bonds is 3. The normalized spacial score (nSPS) is 25.6. The lowest BCUT2D eigenvalue weighted by Gasteiger charge is -2.28. The van der Waals surface area contributed by atoms with Crippen molar-refractivity contribution in [3.8, 4) is 17.2 Å². The molecule has 2 aliphatic heterocycles. The molecular formula is C17H25NO4. The Morgan fingerprint density at radius 2 is 2.00 bits per heavy atom. The van der Waals surface area contributed by atoms with Crippen LogP contribution in [-0.2, 0) is 11.3 Å². The highest BCUT2D eigenvalue weighted by molar-refractivity contribution is 5.54. The second-order valence-corrected chi connectivity index (χ2v) is 6.07. The maximum Gasteiger partial charge on any atom is 0.203 e. The molecule has 0 amide bonds. The maximum atomic E-state index is 5.77. The summed E-state index contributed by atoms with van der Waals surface area (Å²) in [6, 6.07) is 4.63. The Morgan fingerprint density at radius 1 is 1.18 bits per heavy atom. The summed E-state index contributed by atoms with van der Waals surface area (Å²) < 4.78 is 22.6. The Morgan fingerprint density at radius 3 is 2.82 bits per heavy atom. The lowest BCUT2D eigenvalue weighted by molar-refractivity contribution is 0.0657. The number of benzene rings is 1. The third-order valence-electron chi connectivity index (χ3n) is 4.33. The molecule has 0 bridgehead atoms. The van der Waals surface area contributed by atoms with Gasteiger partial charge in [0, 0.05) is 25.7 Å². The van der Waals surface area contributed by atoms with Crippen LogP contribution in [0.5, 0.6) is 17.2 Å². The average Bonchev–Trinajstić information content (AvgIpc) is 2.68. The van der Waals surface area contributed by atoms with Crippen molar-refractivity contribution in [2.45, 2.75) is 39.0 Å². The van der Waals surface area contributed by atoms with Gasteiger partial charge in [0.25, 0.3) is 0 Å². The predicted molar refractivity (Wildman–Crippen MR) is 83.9 cm³/mol. The molecule has 1 saturated heterocycles. The number of nitrogens with zero attached hydrogens (tertiary/aromatic N) is 1. The van der Waals surface area contributed by atoms with E-state index in [0.717, 1.165) is 43.4 Å². The average molecular weight is 307 g/mol. The minimum Gasteiger partial charge on any atom is -0.493 e. The smallest absolute Gasteiger partial charge is 0.203 e. The highest BCUT2D eigenvalue weighted by atomic mass is 16.6. The largest absolute Gasteiger partial charge is 0.493 e. The van der Waals surface area contributed by atoms with Gasteiger partial charge in [-0.05, 0) is 38.0 Å². The Kier molecular flexibility index (Phi) is 4.74. The molecule has 0 unspecified atom stereocenters. The molecule has 0 saturated carbocycles. The third kappa shape index (κ3) is 3.31. The van der Waals surface area contributed by atoms with E-state index in [0.29, 0.717) is 19.3 Å². The van der Waals surface area contributed by atoms with E-state index in [4.69, 9.17) is 18.9 Å². The molecule has 2 aliphatic rings. The van der Waals surface area contributed by atoms with Crippen molar-refractivity contribution in [3.05, 3.63) is 17.7 Å². The highest BCUT2D eigenvalue weighted by Crippen LogP contribution is 2.40. The van der Waals surface area contributed by atoms with E-state index in [9.17, 15) is 0 Å². The molecule has 0 radical (unpaired) electrons. The fourth-order valence-corrected chi connectivity index (χ4v) is 3.06. The Hall–Kier alpha value is -1.46. The van der Waals surface area contributed by atoms with Crippen molar-refractivity contribution in [3.63, 3.8) is 0 Å². The van der Waals surface area contributed by atoms with Gasteiger partial charge in [-0.3, -0.25) is 4.90 Å². The van der Waals surface area contributed by atoms with Crippen LogP contribution in [0.15, 0.2) is 12.1 Å². The lowest BCUT2D eigenvalue weighted by atomic mass is 10.1. The van der Waals surface area contributed by atoms with Gasteiger partial charge in [-0.15, -0.1) is 0 Å². The molecule has 5 nitrogen and oxygen atoms in total. The summed E-state index contributed by atoms with van der Waals surface area (Å²) in [5.41, 5.74) is 1.18. The second kappa shape index (κ2) is 6.75. The third-order valence-corrected chi connectivity index (χ3v) is 4.33. The van der Waals surface area contributed by atoms with Crippen molar-refractivity contribution in [1.82, 2.24) is 4.90 Å². The van der Waals surface area contributed by atoms with Crippen molar-refractivity contribution >= 4 is 0 Å². The molecule has 122 valence electrons. The first-order chi connectivity index (χ1) is 10.7. The molecule has 1 aromatic carbocycles. The molecule has 1 fully saturated rings. The molecule has 1 aromatic rings. The van der Waals surface area contributed by atoms with Gasteiger partial charge in [0.05, 0.1) is 13.2 Å². The van der Waals surface area contributed by atoms with Gasteiger partial charge in [-0.2, -0.15) is 0 Å². The molecule has 0 aromatic heterocycles. The van der Waals surface area contributed by atoms with E-state index >= 15 is 0 Å². The fraction of sp³-hybridized carbons (Fsp3) is 0.647. The molecule has 0 aliphatic carbocycles. The number of hydrogen-bond donors (Lipinski definition) is 0. The number of ether oxygens (including phenoxy) is 4. The summed E-state index contributed by atoms with van der Waals surface area (Å²) in [5, 5.41) is 0. The zero-order chi connectivity index (χ0) is 15.5. The first-order valence-corrected chi connectivity index (χ1v) is 7.99. The summed E-state index contributed by atoms with van der Waals surface area (Å²) in [7, 11) is 1.67. The van der Waals surface area contributed by atoms with Gasteiger partial charge in [-0.25, -0.2) is 0 Å². The van der Waals surface area contributed by atoms with Crippen molar-refractivity contribution in [2.24, 2.45) is 0 Å². The van der Waals surface area contributed by atoms with Crippen LogP contribution in [0.2, 0.25) is 0 Å². The van der Waals surface area contributed by atoms with Crippen molar-refractivity contribution < 1.29 is 18.9 Å². The molecule has 5 heteroatoms. The van der Waals surface area contributed by atoms with E-state index in [1.807, 2.05) is 0 Å². The van der Waals surface area contributed by atoms with Crippen LogP contribution < -0.4 is 14.2 Å². The quantitative estimate of drug-likeness (QED) is 0.858. The zero-order valence-electron chi connectivity index (χ0n) is 13.6. The maximum absolute atomic E-state index is 5.77. The fourth-order valence-electron chi connectivity index (χ4n) is 3.06. The monoisotopic (exact) mass is 307 g/mol. The van der Waals surface area contributed by atoms with Gasteiger partial charge >= 0.3 is 0 Å². The SMILES string of the molecule is COc1cc(CN2C[C@@H](C)OCC[C@H]2C)cc2c1OCCO2. The van der Waals surface area contributed by atoms with E-state index in [1.54, 1.807) is 7.11 Å². The molecular weight excluding hydrogens is 282 g/mol. The molecule has 3 rings (SSSR count). The van der Waals surface area contributed by atoms with Crippen LogP contribution in [0, 0.1) is 0 Å². The minimum absolute atomic E-state index is 0.268. The lowest BCUT2D eigenvalue weighted by Crippen LogP contribution is -2.35. The van der Waals surface area contributed by atoms with Gasteiger partial charge in [0.1, 0.15) is 13.2 Å². The molecule has 22 heavy (non-hydrogen) atoms. The van der Waals surface area contributed by atoms with Crippen LogP contribution in [0.4, 0.5) is 0 Å². The van der Waals surface area contributed by atoms with E-state index in [2.05, 4.69) is 30.9 Å². The highest BCUT2D eigenvalue weighted by Gasteiger charge is 2.23. The molecule has 0 N–H and O–H groups in total. The number of fused-ring (bicyclic) bond motifs is 1. The summed E-state index contributed by atoms with van der Waals surface area (Å²) in [6.07, 6.45) is 1.33. The first kappa shape index (κ1) is 15.4. The zero-order valence-corrected chi connectivity index (χ0v) is 13.6. The van der Waals surface area contributed by atoms with E-state index in [1.165, 1.54) is 5.56 Å². The summed E-state index contributed by atoms with van der Waals surface area (Å²) in [4.78, 5) is 2.46. The van der Waals surface area contributed by atoms with Crippen molar-refractivity contribution in [2.75, 3.05) is 33.5 Å². The predicted octanol–water partition coefficient (Wildman–Crippen LogP) is 2.47. The first-order valence-electron chi connectivity index (χ1n) is 7.99. The standard InChI is InChI=1S/C17H25NO4/c1-12-4-5-20-13(2)10-18(12)11-14-8-15(19-3)17-16(9-14)21-6-7-22-17/h8-9,12-13H,4-7,10-11H2,1-3H3/t12-,13-/m1/s1. The van der Waals surface area contributed by atoms with Gasteiger partial charge < -0.3 is 18.9 Å². The topological polar surface area (TPSA) is 40.2 Å².